The van der Waals surface area contributed by atoms with Gasteiger partial charge in [0, 0.05) is 38.3 Å². The van der Waals surface area contributed by atoms with Crippen LogP contribution in [0.15, 0.2) is 30.3 Å². The van der Waals surface area contributed by atoms with Gasteiger partial charge in [0.25, 0.3) is 11.8 Å². The maximum atomic E-state index is 13.0. The van der Waals surface area contributed by atoms with E-state index in [1.807, 2.05) is 25.1 Å². The minimum atomic E-state index is -0.411. The van der Waals surface area contributed by atoms with Crippen molar-refractivity contribution in [3.05, 3.63) is 58.1 Å². The number of carbonyl (C=O) groups excluding carboxylic acids is 2. The number of benzene rings is 2. The number of unbranched alkanes of at least 4 members (excludes halogenated alkanes) is 1. The molecular weight excluding hydrogens is 368 g/mol. The number of hydrogen-bond donors (Lipinski definition) is 2. The Morgan fingerprint density at radius 3 is 2.48 bits per heavy atom. The lowest BCUT2D eigenvalue weighted by molar-refractivity contribution is 0.0748. The van der Waals surface area contributed by atoms with Gasteiger partial charge in [-0.25, -0.2) is 0 Å². The minimum Gasteiger partial charge on any atom is -0.507 e. The minimum absolute atomic E-state index is 0.00363. The number of phenols is 2. The summed E-state index contributed by atoms with van der Waals surface area (Å²) in [5.74, 6) is 1.06. The van der Waals surface area contributed by atoms with Crippen LogP contribution < -0.4 is 0 Å². The van der Waals surface area contributed by atoms with Crippen molar-refractivity contribution < 1.29 is 19.8 Å². The van der Waals surface area contributed by atoms with Crippen LogP contribution in [-0.4, -0.2) is 45.4 Å². The fourth-order valence-corrected chi connectivity index (χ4v) is 3.42. The van der Waals surface area contributed by atoms with E-state index in [1.165, 1.54) is 11.0 Å². The van der Waals surface area contributed by atoms with Crippen molar-refractivity contribution in [2.75, 3.05) is 13.6 Å². The van der Waals surface area contributed by atoms with Crippen LogP contribution in [0.3, 0.4) is 0 Å². The van der Waals surface area contributed by atoms with Crippen LogP contribution in [0.2, 0.25) is 0 Å². The van der Waals surface area contributed by atoms with Crippen LogP contribution in [0.25, 0.3) is 0 Å². The Balaban J connectivity index is 1.86. The van der Waals surface area contributed by atoms with E-state index in [-0.39, 0.29) is 22.6 Å². The molecule has 2 aromatic carbocycles. The summed E-state index contributed by atoms with van der Waals surface area (Å²) >= 11 is 0. The molecule has 0 atom stereocenters. The van der Waals surface area contributed by atoms with Crippen LogP contribution in [0.4, 0.5) is 0 Å². The third-order valence-corrected chi connectivity index (χ3v) is 5.15. The lowest BCUT2D eigenvalue weighted by Crippen LogP contribution is -2.29. The number of amides is 2. The van der Waals surface area contributed by atoms with E-state index >= 15 is 0 Å². The van der Waals surface area contributed by atoms with E-state index in [4.69, 9.17) is 6.42 Å². The van der Waals surface area contributed by atoms with Gasteiger partial charge in [-0.3, -0.25) is 9.59 Å². The molecule has 0 fully saturated rings. The zero-order chi connectivity index (χ0) is 21.1. The average Bonchev–Trinajstić information content (AvgIpc) is 3.14. The van der Waals surface area contributed by atoms with Gasteiger partial charge < -0.3 is 20.0 Å². The highest BCUT2D eigenvalue weighted by atomic mass is 16.3. The van der Waals surface area contributed by atoms with Gasteiger partial charge in [-0.15, -0.1) is 6.42 Å². The fourth-order valence-electron chi connectivity index (χ4n) is 3.42. The molecule has 2 N–H and O–H groups in total. The van der Waals surface area contributed by atoms with E-state index in [9.17, 15) is 19.8 Å². The molecule has 1 aliphatic heterocycles. The highest BCUT2D eigenvalue weighted by Crippen LogP contribution is 2.32. The van der Waals surface area contributed by atoms with E-state index < -0.39 is 11.8 Å². The monoisotopic (exact) mass is 392 g/mol. The Kier molecular flexibility index (Phi) is 5.79. The SMILES string of the molecule is C#Cc1ccc2c(c1)CN(C(=O)c1cc(C(=O)N(C)CCCC)c(O)cc1O)C2. The molecule has 0 unspecified atom stereocenters. The number of fused-ring (bicyclic) bond motifs is 1. The standard InChI is InChI=1S/C23H24N2O4/c1-4-6-9-24(3)22(28)18-11-19(21(27)12-20(18)26)23(29)25-13-16-8-7-15(5-2)10-17(16)14-25/h2,7-8,10-12,26-27H,4,6,9,13-14H2,1,3H3. The zero-order valence-corrected chi connectivity index (χ0v) is 16.6. The molecule has 0 aliphatic carbocycles. The highest BCUT2D eigenvalue weighted by molar-refractivity contribution is 6.03. The molecular formula is C23H24N2O4. The van der Waals surface area contributed by atoms with E-state index in [2.05, 4.69) is 5.92 Å². The largest absolute Gasteiger partial charge is 0.507 e. The maximum Gasteiger partial charge on any atom is 0.258 e. The Morgan fingerprint density at radius 2 is 1.79 bits per heavy atom. The first-order chi connectivity index (χ1) is 13.8. The number of hydrogen-bond acceptors (Lipinski definition) is 4. The van der Waals surface area contributed by atoms with Crippen LogP contribution in [0.5, 0.6) is 11.5 Å². The number of rotatable bonds is 5. The van der Waals surface area contributed by atoms with Gasteiger partial charge in [-0.1, -0.05) is 25.3 Å². The molecule has 2 amide bonds. The van der Waals surface area contributed by atoms with Crippen LogP contribution in [-0.2, 0) is 13.1 Å². The Morgan fingerprint density at radius 1 is 1.10 bits per heavy atom. The number of terminal acetylenes is 1. The molecule has 0 saturated carbocycles. The first-order valence-corrected chi connectivity index (χ1v) is 9.54. The summed E-state index contributed by atoms with van der Waals surface area (Å²) < 4.78 is 0. The molecule has 29 heavy (non-hydrogen) atoms. The van der Waals surface area contributed by atoms with Crippen LogP contribution in [0.1, 0.15) is 57.2 Å². The molecule has 2 aromatic rings. The third kappa shape index (κ3) is 4.04. The third-order valence-electron chi connectivity index (χ3n) is 5.15. The van der Waals surface area contributed by atoms with Crippen molar-refractivity contribution in [2.24, 2.45) is 0 Å². The summed E-state index contributed by atoms with van der Waals surface area (Å²) in [6.07, 6.45) is 7.20. The molecule has 1 aliphatic rings. The number of phenolic OH excluding ortho intramolecular Hbond substituents is 2. The number of carbonyl (C=O) groups is 2. The summed E-state index contributed by atoms with van der Waals surface area (Å²) in [7, 11) is 1.64. The Hall–Kier alpha value is -3.46. The lowest BCUT2D eigenvalue weighted by Gasteiger charge is -2.20. The Labute approximate surface area is 170 Å². The molecule has 6 nitrogen and oxygen atoms in total. The van der Waals surface area contributed by atoms with E-state index in [0.717, 1.165) is 35.6 Å². The molecule has 0 spiro atoms. The van der Waals surface area contributed by atoms with E-state index in [1.54, 1.807) is 11.9 Å². The molecule has 1 heterocycles. The second kappa shape index (κ2) is 8.27. The first-order valence-electron chi connectivity index (χ1n) is 9.54. The van der Waals surface area contributed by atoms with Gasteiger partial charge in [-0.2, -0.15) is 0 Å². The van der Waals surface area contributed by atoms with Gasteiger partial charge in [0.1, 0.15) is 11.5 Å². The summed E-state index contributed by atoms with van der Waals surface area (Å²) in [5, 5.41) is 20.4. The molecule has 0 radical (unpaired) electrons. The van der Waals surface area contributed by atoms with Gasteiger partial charge >= 0.3 is 0 Å². The normalized spacial score (nSPS) is 12.4. The lowest BCUT2D eigenvalue weighted by atomic mass is 10.1. The second-order valence-corrected chi connectivity index (χ2v) is 7.26. The summed E-state index contributed by atoms with van der Waals surface area (Å²) in [5.41, 5.74) is 2.68. The van der Waals surface area contributed by atoms with Gasteiger partial charge in [-0.05, 0) is 35.7 Å². The van der Waals surface area contributed by atoms with Gasteiger partial charge in [0.05, 0.1) is 11.1 Å². The zero-order valence-electron chi connectivity index (χ0n) is 16.6. The van der Waals surface area contributed by atoms with Crippen molar-refractivity contribution in [3.8, 4) is 23.8 Å². The number of aromatic hydroxyl groups is 2. The summed E-state index contributed by atoms with van der Waals surface area (Å²) in [4.78, 5) is 28.8. The second-order valence-electron chi connectivity index (χ2n) is 7.26. The molecule has 0 bridgehead atoms. The average molecular weight is 392 g/mol. The van der Waals surface area contributed by atoms with Crippen molar-refractivity contribution >= 4 is 11.8 Å². The molecule has 0 aromatic heterocycles. The van der Waals surface area contributed by atoms with E-state index in [0.29, 0.717) is 19.6 Å². The van der Waals surface area contributed by atoms with Crippen molar-refractivity contribution in [1.82, 2.24) is 9.80 Å². The van der Waals surface area contributed by atoms with Gasteiger partial charge in [0.2, 0.25) is 0 Å². The Bertz CT molecular complexity index is 1010. The molecule has 150 valence electrons. The number of nitrogens with zero attached hydrogens (tertiary/aromatic N) is 2. The smallest absolute Gasteiger partial charge is 0.258 e. The summed E-state index contributed by atoms with van der Waals surface area (Å²) in [6.45, 7) is 3.31. The summed E-state index contributed by atoms with van der Waals surface area (Å²) in [6, 6.07) is 7.91. The molecule has 0 saturated heterocycles. The van der Waals surface area contributed by atoms with Crippen molar-refractivity contribution in [1.29, 1.82) is 0 Å². The fraction of sp³-hybridized carbons (Fsp3) is 0.304. The topological polar surface area (TPSA) is 81.1 Å². The predicted octanol–water partition coefficient (Wildman–Crippen LogP) is 3.11. The highest BCUT2D eigenvalue weighted by Gasteiger charge is 2.28. The van der Waals surface area contributed by atoms with Crippen LogP contribution >= 0.6 is 0 Å². The van der Waals surface area contributed by atoms with Crippen LogP contribution in [0, 0.1) is 12.3 Å². The van der Waals surface area contributed by atoms with Crippen molar-refractivity contribution in [3.63, 3.8) is 0 Å². The van der Waals surface area contributed by atoms with Crippen molar-refractivity contribution in [2.45, 2.75) is 32.9 Å². The van der Waals surface area contributed by atoms with Gasteiger partial charge in [0.15, 0.2) is 0 Å². The molecule has 3 rings (SSSR count). The first kappa shape index (κ1) is 20.3. The predicted molar refractivity (Wildman–Crippen MR) is 110 cm³/mol. The maximum absolute atomic E-state index is 13.0. The quantitative estimate of drug-likeness (QED) is 0.766. The molecule has 6 heteroatoms.